The van der Waals surface area contributed by atoms with Gasteiger partial charge in [-0.05, 0) is 20.3 Å². The fourth-order valence-electron chi connectivity index (χ4n) is 0.788. The summed E-state index contributed by atoms with van der Waals surface area (Å²) in [7, 11) is 3.88. The van der Waals surface area contributed by atoms with Gasteiger partial charge in [0.15, 0.2) is 0 Å². The van der Waals surface area contributed by atoms with Crippen molar-refractivity contribution in [3.63, 3.8) is 0 Å². The molecule has 0 spiro atoms. The number of hydrogen-bond acceptors (Lipinski definition) is 2. The second-order valence-corrected chi connectivity index (χ2v) is 3.09. The first-order chi connectivity index (χ1) is 6.02. The van der Waals surface area contributed by atoms with Crippen LogP contribution < -0.4 is 0 Å². The molecule has 0 aromatic carbocycles. The standard InChI is InChI=1S/C10H17N3/c1-6-10(8(2)7-11)12-9(3)13(4)5/h6H2,1-5H3. The summed E-state index contributed by atoms with van der Waals surface area (Å²) in [4.78, 5) is 6.30. The second kappa shape index (κ2) is 5.36. The van der Waals surface area contributed by atoms with Gasteiger partial charge in [-0.3, -0.25) is 0 Å². The minimum absolute atomic E-state index is 0.698. The van der Waals surface area contributed by atoms with E-state index in [1.807, 2.05) is 32.8 Å². The maximum absolute atomic E-state index is 8.70. The van der Waals surface area contributed by atoms with Crippen molar-refractivity contribution in [2.45, 2.75) is 27.2 Å². The zero-order valence-electron chi connectivity index (χ0n) is 9.05. The third kappa shape index (κ3) is 3.75. The molecule has 0 heterocycles. The Hall–Kier alpha value is -1.30. The Morgan fingerprint density at radius 3 is 2.23 bits per heavy atom. The molecule has 0 fully saturated rings. The molecule has 0 radical (unpaired) electrons. The molecule has 0 aromatic rings. The van der Waals surface area contributed by atoms with Crippen LogP contribution in [0.4, 0.5) is 0 Å². The summed E-state index contributed by atoms with van der Waals surface area (Å²) in [5, 5.41) is 8.70. The molecule has 0 aliphatic carbocycles. The first-order valence-electron chi connectivity index (χ1n) is 4.35. The summed E-state index contributed by atoms with van der Waals surface area (Å²) in [6.07, 6.45) is 0.796. The van der Waals surface area contributed by atoms with Gasteiger partial charge in [0.25, 0.3) is 0 Å². The van der Waals surface area contributed by atoms with Crippen molar-refractivity contribution >= 4 is 5.84 Å². The molecule has 0 rings (SSSR count). The largest absolute Gasteiger partial charge is 0.366 e. The van der Waals surface area contributed by atoms with Gasteiger partial charge < -0.3 is 4.90 Å². The van der Waals surface area contributed by atoms with Crippen molar-refractivity contribution in [2.24, 2.45) is 4.99 Å². The Labute approximate surface area is 80.4 Å². The fourth-order valence-corrected chi connectivity index (χ4v) is 0.788. The third-order valence-corrected chi connectivity index (χ3v) is 1.88. The summed E-state index contributed by atoms with van der Waals surface area (Å²) in [6.45, 7) is 5.73. The SMILES string of the molecule is CCC(N=C(C)N(C)C)=C(C)C#N. The summed E-state index contributed by atoms with van der Waals surface area (Å²) in [5.74, 6) is 0.923. The van der Waals surface area contributed by atoms with E-state index in [4.69, 9.17) is 5.26 Å². The van der Waals surface area contributed by atoms with Gasteiger partial charge in [0.1, 0.15) is 5.84 Å². The molecular weight excluding hydrogens is 162 g/mol. The van der Waals surface area contributed by atoms with E-state index in [2.05, 4.69) is 11.1 Å². The van der Waals surface area contributed by atoms with E-state index in [0.717, 1.165) is 18.0 Å². The minimum atomic E-state index is 0.698. The highest BCUT2D eigenvalue weighted by Crippen LogP contribution is 2.09. The number of rotatable bonds is 2. The van der Waals surface area contributed by atoms with E-state index in [1.54, 1.807) is 6.92 Å². The van der Waals surface area contributed by atoms with Crippen molar-refractivity contribution in [1.29, 1.82) is 5.26 Å². The van der Waals surface area contributed by atoms with Crippen molar-refractivity contribution in [3.8, 4) is 6.07 Å². The van der Waals surface area contributed by atoms with Crippen LogP contribution in [0.2, 0.25) is 0 Å². The molecule has 13 heavy (non-hydrogen) atoms. The van der Waals surface area contributed by atoms with E-state index < -0.39 is 0 Å². The second-order valence-electron chi connectivity index (χ2n) is 3.09. The first kappa shape index (κ1) is 11.7. The molecule has 0 unspecified atom stereocenters. The van der Waals surface area contributed by atoms with Crippen molar-refractivity contribution < 1.29 is 0 Å². The van der Waals surface area contributed by atoms with Gasteiger partial charge in [0, 0.05) is 19.7 Å². The van der Waals surface area contributed by atoms with Crippen molar-refractivity contribution in [2.75, 3.05) is 14.1 Å². The molecule has 0 atom stereocenters. The molecule has 72 valence electrons. The van der Waals surface area contributed by atoms with E-state index in [1.165, 1.54) is 0 Å². The lowest BCUT2D eigenvalue weighted by molar-refractivity contribution is 0.616. The van der Waals surface area contributed by atoms with Crippen LogP contribution >= 0.6 is 0 Å². The molecule has 0 aliphatic heterocycles. The number of nitrogens with zero attached hydrogens (tertiary/aromatic N) is 3. The van der Waals surface area contributed by atoms with Crippen LogP contribution in [0.3, 0.4) is 0 Å². The zero-order valence-corrected chi connectivity index (χ0v) is 9.05. The molecule has 0 aliphatic rings. The van der Waals surface area contributed by atoms with Crippen LogP contribution in [0, 0.1) is 11.3 Å². The molecule has 0 aromatic heterocycles. The topological polar surface area (TPSA) is 39.4 Å². The molecule has 3 heteroatoms. The number of nitriles is 1. The van der Waals surface area contributed by atoms with Gasteiger partial charge in [-0.25, -0.2) is 4.99 Å². The monoisotopic (exact) mass is 179 g/mol. The average molecular weight is 179 g/mol. The van der Waals surface area contributed by atoms with Crippen LogP contribution in [0.25, 0.3) is 0 Å². The Morgan fingerprint density at radius 2 is 1.92 bits per heavy atom. The molecule has 0 N–H and O–H groups in total. The van der Waals surface area contributed by atoms with Gasteiger partial charge in [-0.2, -0.15) is 5.26 Å². The number of allylic oxidation sites excluding steroid dienone is 2. The number of hydrogen-bond donors (Lipinski definition) is 0. The Kier molecular flexibility index (Phi) is 4.83. The third-order valence-electron chi connectivity index (χ3n) is 1.88. The van der Waals surface area contributed by atoms with Gasteiger partial charge in [0.2, 0.25) is 0 Å². The zero-order chi connectivity index (χ0) is 10.4. The smallest absolute Gasteiger partial charge is 0.101 e. The summed E-state index contributed by atoms with van der Waals surface area (Å²) < 4.78 is 0. The van der Waals surface area contributed by atoms with Crippen LogP contribution in [0.1, 0.15) is 27.2 Å². The van der Waals surface area contributed by atoms with Crippen molar-refractivity contribution in [1.82, 2.24) is 4.90 Å². The van der Waals surface area contributed by atoms with E-state index >= 15 is 0 Å². The highest BCUT2D eigenvalue weighted by molar-refractivity contribution is 5.80. The maximum atomic E-state index is 8.70. The van der Waals surface area contributed by atoms with E-state index in [0.29, 0.717) is 5.57 Å². The molecule has 0 bridgehead atoms. The van der Waals surface area contributed by atoms with Crippen LogP contribution in [0.5, 0.6) is 0 Å². The Balaban J connectivity index is 4.86. The molecular formula is C10H17N3. The van der Waals surface area contributed by atoms with Gasteiger partial charge in [0.05, 0.1) is 11.8 Å². The van der Waals surface area contributed by atoms with E-state index in [-0.39, 0.29) is 0 Å². The van der Waals surface area contributed by atoms with Crippen LogP contribution in [0.15, 0.2) is 16.3 Å². The predicted octanol–water partition coefficient (Wildman–Crippen LogP) is 2.17. The van der Waals surface area contributed by atoms with Gasteiger partial charge >= 0.3 is 0 Å². The predicted molar refractivity (Wildman–Crippen MR) is 55.4 cm³/mol. The highest BCUT2D eigenvalue weighted by atomic mass is 15.1. The quantitative estimate of drug-likeness (QED) is 0.370. The fraction of sp³-hybridized carbons (Fsp3) is 0.600. The molecule has 3 nitrogen and oxygen atoms in total. The van der Waals surface area contributed by atoms with Crippen molar-refractivity contribution in [3.05, 3.63) is 11.3 Å². The summed E-state index contributed by atoms with van der Waals surface area (Å²) in [6, 6.07) is 2.11. The lowest BCUT2D eigenvalue weighted by atomic mass is 10.2. The van der Waals surface area contributed by atoms with Crippen LogP contribution in [-0.4, -0.2) is 24.8 Å². The Morgan fingerprint density at radius 1 is 1.38 bits per heavy atom. The number of amidine groups is 1. The molecule has 0 saturated carbocycles. The van der Waals surface area contributed by atoms with E-state index in [9.17, 15) is 0 Å². The summed E-state index contributed by atoms with van der Waals surface area (Å²) in [5.41, 5.74) is 1.57. The lowest BCUT2D eigenvalue weighted by Crippen LogP contribution is -2.18. The normalized spacial score (nSPS) is 13.4. The van der Waals surface area contributed by atoms with Gasteiger partial charge in [-0.1, -0.05) is 6.92 Å². The average Bonchev–Trinajstić information content (AvgIpc) is 2.12. The first-order valence-corrected chi connectivity index (χ1v) is 4.35. The highest BCUT2D eigenvalue weighted by Gasteiger charge is 1.99. The summed E-state index contributed by atoms with van der Waals surface area (Å²) >= 11 is 0. The molecule has 0 saturated heterocycles. The number of aliphatic imine (C=N–C) groups is 1. The Bertz CT molecular complexity index is 266. The van der Waals surface area contributed by atoms with Gasteiger partial charge in [-0.15, -0.1) is 0 Å². The lowest BCUT2D eigenvalue weighted by Gasteiger charge is -2.11. The molecule has 0 amide bonds. The van der Waals surface area contributed by atoms with Crippen LogP contribution in [-0.2, 0) is 0 Å². The maximum Gasteiger partial charge on any atom is 0.101 e. The minimum Gasteiger partial charge on any atom is -0.366 e.